The zero-order valence-electron chi connectivity index (χ0n) is 8.91. The van der Waals surface area contributed by atoms with Crippen LogP contribution in [0.4, 0.5) is 5.13 Å². The number of anilines is 1. The first-order valence-corrected chi connectivity index (χ1v) is 7.04. The highest BCUT2D eigenvalue weighted by atomic mass is 35.5. The number of nitrogens with zero attached hydrogens (tertiary/aromatic N) is 1. The Hall–Kier alpha value is -0.810. The van der Waals surface area contributed by atoms with Gasteiger partial charge in [0.15, 0.2) is 5.13 Å². The van der Waals surface area contributed by atoms with Gasteiger partial charge in [-0.05, 0) is 18.2 Å². The molecular weight excluding hydrogens is 315 g/mol. The highest BCUT2D eigenvalue weighted by molar-refractivity contribution is 7.14. The van der Waals surface area contributed by atoms with Crippen molar-refractivity contribution >= 4 is 57.2 Å². The average Bonchev–Trinajstić information content (AvgIpc) is 2.80. The Morgan fingerprint density at radius 1 is 1.39 bits per heavy atom. The van der Waals surface area contributed by atoms with Crippen LogP contribution in [-0.4, -0.2) is 10.9 Å². The third-order valence-electron chi connectivity index (χ3n) is 2.08. The molecule has 0 radical (unpaired) electrons. The van der Waals surface area contributed by atoms with Gasteiger partial charge in [0.25, 0.3) is 5.91 Å². The Labute approximate surface area is 123 Å². The van der Waals surface area contributed by atoms with E-state index in [0.717, 1.165) is 0 Å². The number of aromatic nitrogens is 1. The molecular formula is C11H7Cl3N2OS. The third-order valence-corrected chi connectivity index (χ3v) is 3.73. The fourth-order valence-corrected chi connectivity index (χ4v) is 2.57. The Kier molecular flexibility index (Phi) is 4.45. The van der Waals surface area contributed by atoms with Crippen LogP contribution in [0.25, 0.3) is 0 Å². The van der Waals surface area contributed by atoms with Gasteiger partial charge in [0.2, 0.25) is 0 Å². The van der Waals surface area contributed by atoms with Gasteiger partial charge in [-0.3, -0.25) is 10.1 Å². The average molecular weight is 322 g/mol. The molecule has 0 saturated carbocycles. The number of halogens is 3. The van der Waals surface area contributed by atoms with Crippen LogP contribution in [0.2, 0.25) is 10.0 Å². The zero-order chi connectivity index (χ0) is 13.1. The smallest absolute Gasteiger partial charge is 0.259 e. The number of hydrogen-bond donors (Lipinski definition) is 1. The number of carbonyl (C=O) groups is 1. The van der Waals surface area contributed by atoms with E-state index in [9.17, 15) is 4.79 Å². The minimum atomic E-state index is -0.349. The molecule has 0 fully saturated rings. The van der Waals surface area contributed by atoms with Gasteiger partial charge in [0, 0.05) is 10.4 Å². The van der Waals surface area contributed by atoms with E-state index in [1.54, 1.807) is 17.5 Å². The van der Waals surface area contributed by atoms with Crippen molar-refractivity contribution in [2.75, 3.05) is 5.32 Å². The summed E-state index contributed by atoms with van der Waals surface area (Å²) in [5.41, 5.74) is 1.03. The van der Waals surface area contributed by atoms with E-state index in [1.807, 2.05) is 0 Å². The monoisotopic (exact) mass is 320 g/mol. The first kappa shape index (κ1) is 13.6. The molecule has 1 amide bonds. The molecule has 1 aromatic carbocycles. The highest BCUT2D eigenvalue weighted by Crippen LogP contribution is 2.23. The predicted octanol–water partition coefficient (Wildman–Crippen LogP) is 4.44. The summed E-state index contributed by atoms with van der Waals surface area (Å²) in [6.45, 7) is 0. The summed E-state index contributed by atoms with van der Waals surface area (Å²) in [7, 11) is 0. The Morgan fingerprint density at radius 3 is 2.83 bits per heavy atom. The van der Waals surface area contributed by atoms with Crippen LogP contribution in [0.5, 0.6) is 0 Å². The van der Waals surface area contributed by atoms with Gasteiger partial charge < -0.3 is 0 Å². The molecule has 0 bridgehead atoms. The summed E-state index contributed by atoms with van der Waals surface area (Å²) in [6.07, 6.45) is 0. The van der Waals surface area contributed by atoms with Gasteiger partial charge in [-0.1, -0.05) is 23.2 Å². The standard InChI is InChI=1S/C11H7Cl3N2OS/c12-4-7-5-18-11(15-7)16-10(17)8-3-6(13)1-2-9(8)14/h1-3,5H,4H2,(H,15,16,17). The number of rotatable bonds is 3. The summed E-state index contributed by atoms with van der Waals surface area (Å²) in [5.74, 6) is -0.0393. The first-order valence-electron chi connectivity index (χ1n) is 4.87. The molecule has 1 N–H and O–H groups in total. The molecule has 0 aliphatic rings. The topological polar surface area (TPSA) is 42.0 Å². The first-order chi connectivity index (χ1) is 8.60. The fourth-order valence-electron chi connectivity index (χ4n) is 1.26. The maximum atomic E-state index is 12.0. The largest absolute Gasteiger partial charge is 0.298 e. The summed E-state index contributed by atoms with van der Waals surface area (Å²) >= 11 is 18.7. The van der Waals surface area contributed by atoms with E-state index in [-0.39, 0.29) is 5.91 Å². The van der Waals surface area contributed by atoms with Crippen LogP contribution in [0, 0.1) is 0 Å². The second kappa shape index (κ2) is 5.89. The molecule has 1 aromatic heterocycles. The fraction of sp³-hybridized carbons (Fsp3) is 0.0909. The van der Waals surface area contributed by atoms with E-state index in [2.05, 4.69) is 10.3 Å². The molecule has 7 heteroatoms. The normalized spacial score (nSPS) is 10.4. The van der Waals surface area contributed by atoms with Crippen molar-refractivity contribution in [1.82, 2.24) is 4.98 Å². The van der Waals surface area contributed by atoms with Gasteiger partial charge >= 0.3 is 0 Å². The lowest BCUT2D eigenvalue weighted by molar-refractivity contribution is 0.102. The molecule has 0 saturated heterocycles. The van der Waals surface area contributed by atoms with Crippen LogP contribution in [0.1, 0.15) is 16.1 Å². The summed E-state index contributed by atoms with van der Waals surface area (Å²) in [6, 6.07) is 4.70. The second-order valence-corrected chi connectivity index (χ2v) is 5.32. The molecule has 0 spiro atoms. The minimum absolute atomic E-state index is 0.310. The van der Waals surface area contributed by atoms with E-state index in [1.165, 1.54) is 17.4 Å². The summed E-state index contributed by atoms with van der Waals surface area (Å²) in [4.78, 5) is 16.1. The molecule has 2 rings (SSSR count). The van der Waals surface area contributed by atoms with Crippen LogP contribution in [0.3, 0.4) is 0 Å². The van der Waals surface area contributed by atoms with Gasteiger partial charge in [-0.25, -0.2) is 4.98 Å². The lowest BCUT2D eigenvalue weighted by Gasteiger charge is -2.04. The van der Waals surface area contributed by atoms with Gasteiger partial charge in [-0.15, -0.1) is 22.9 Å². The third kappa shape index (κ3) is 3.14. The Morgan fingerprint density at radius 2 is 2.17 bits per heavy atom. The molecule has 3 nitrogen and oxygen atoms in total. The summed E-state index contributed by atoms with van der Waals surface area (Å²) < 4.78 is 0. The van der Waals surface area contributed by atoms with Crippen LogP contribution >= 0.6 is 46.1 Å². The number of thiazole rings is 1. The summed E-state index contributed by atoms with van der Waals surface area (Å²) in [5, 5.41) is 5.69. The number of alkyl halides is 1. The number of amides is 1. The van der Waals surface area contributed by atoms with Crippen molar-refractivity contribution in [3.05, 3.63) is 44.9 Å². The van der Waals surface area contributed by atoms with Crippen molar-refractivity contribution in [3.8, 4) is 0 Å². The molecule has 0 atom stereocenters. The van der Waals surface area contributed by atoms with Crippen LogP contribution in [0.15, 0.2) is 23.6 Å². The molecule has 2 aromatic rings. The Bertz CT molecular complexity index is 585. The Balaban J connectivity index is 2.19. The lowest BCUT2D eigenvalue weighted by atomic mass is 10.2. The molecule has 94 valence electrons. The number of benzene rings is 1. The number of hydrogen-bond acceptors (Lipinski definition) is 3. The highest BCUT2D eigenvalue weighted by Gasteiger charge is 2.13. The molecule has 18 heavy (non-hydrogen) atoms. The maximum Gasteiger partial charge on any atom is 0.259 e. The molecule has 0 aliphatic carbocycles. The lowest BCUT2D eigenvalue weighted by Crippen LogP contribution is -2.12. The SMILES string of the molecule is O=C(Nc1nc(CCl)cs1)c1cc(Cl)ccc1Cl. The van der Waals surface area contributed by atoms with E-state index in [0.29, 0.717) is 32.3 Å². The second-order valence-electron chi connectivity index (χ2n) is 3.36. The van der Waals surface area contributed by atoms with Crippen molar-refractivity contribution < 1.29 is 4.79 Å². The van der Waals surface area contributed by atoms with Crippen LogP contribution in [-0.2, 0) is 5.88 Å². The van der Waals surface area contributed by atoms with Crippen LogP contribution < -0.4 is 5.32 Å². The van der Waals surface area contributed by atoms with E-state index >= 15 is 0 Å². The minimum Gasteiger partial charge on any atom is -0.298 e. The van der Waals surface area contributed by atoms with Gasteiger partial charge in [0.1, 0.15) is 0 Å². The number of nitrogens with one attached hydrogen (secondary N) is 1. The van der Waals surface area contributed by atoms with Crippen molar-refractivity contribution in [1.29, 1.82) is 0 Å². The molecule has 0 aliphatic heterocycles. The van der Waals surface area contributed by atoms with E-state index < -0.39 is 0 Å². The zero-order valence-corrected chi connectivity index (χ0v) is 12.0. The van der Waals surface area contributed by atoms with Crippen molar-refractivity contribution in [2.45, 2.75) is 5.88 Å². The molecule has 1 heterocycles. The number of carbonyl (C=O) groups excluding carboxylic acids is 1. The maximum absolute atomic E-state index is 12.0. The quantitative estimate of drug-likeness (QED) is 0.849. The van der Waals surface area contributed by atoms with Crippen molar-refractivity contribution in [3.63, 3.8) is 0 Å². The molecule has 0 unspecified atom stereocenters. The van der Waals surface area contributed by atoms with E-state index in [4.69, 9.17) is 34.8 Å². The van der Waals surface area contributed by atoms with Crippen molar-refractivity contribution in [2.24, 2.45) is 0 Å². The van der Waals surface area contributed by atoms with Gasteiger partial charge in [-0.2, -0.15) is 0 Å². The van der Waals surface area contributed by atoms with Gasteiger partial charge in [0.05, 0.1) is 22.2 Å². The predicted molar refractivity (Wildman–Crippen MR) is 76.1 cm³/mol.